The summed E-state index contributed by atoms with van der Waals surface area (Å²) in [6, 6.07) is 4.78. The van der Waals surface area contributed by atoms with Crippen molar-refractivity contribution in [1.82, 2.24) is 0 Å². The van der Waals surface area contributed by atoms with Gasteiger partial charge in [0.1, 0.15) is 11.5 Å². The van der Waals surface area contributed by atoms with Crippen molar-refractivity contribution in [2.75, 3.05) is 7.11 Å². The molecule has 1 aliphatic carbocycles. The van der Waals surface area contributed by atoms with Crippen molar-refractivity contribution in [2.24, 2.45) is 10.9 Å². The van der Waals surface area contributed by atoms with Crippen molar-refractivity contribution >= 4 is 40.0 Å². The van der Waals surface area contributed by atoms with Crippen molar-refractivity contribution in [3.63, 3.8) is 0 Å². The number of allylic oxidation sites excluding steroid dienone is 2. The summed E-state index contributed by atoms with van der Waals surface area (Å²) in [5, 5.41) is 0.704. The lowest BCUT2D eigenvalue weighted by Gasteiger charge is -2.33. The van der Waals surface area contributed by atoms with Crippen LogP contribution in [0.25, 0.3) is 11.0 Å². The van der Waals surface area contributed by atoms with Gasteiger partial charge in [0.2, 0.25) is 0 Å². The summed E-state index contributed by atoms with van der Waals surface area (Å²) in [6.45, 7) is 1.72. The molecular formula is C21H18ClNO5. The zero-order chi connectivity index (χ0) is 20.0. The van der Waals surface area contributed by atoms with E-state index < -0.39 is 17.8 Å². The van der Waals surface area contributed by atoms with Gasteiger partial charge in [-0.25, -0.2) is 0 Å². The normalized spacial score (nSPS) is 22.1. The van der Waals surface area contributed by atoms with Crippen LogP contribution in [-0.2, 0) is 14.3 Å². The lowest BCUT2D eigenvalue weighted by molar-refractivity contribution is -0.143. The van der Waals surface area contributed by atoms with E-state index in [1.807, 2.05) is 0 Å². The molecule has 0 fully saturated rings. The molecule has 2 atom stereocenters. The first-order chi connectivity index (χ1) is 13.4. The van der Waals surface area contributed by atoms with Gasteiger partial charge in [0, 0.05) is 39.9 Å². The van der Waals surface area contributed by atoms with E-state index in [-0.39, 0.29) is 16.8 Å². The number of benzene rings is 1. The molecule has 0 saturated carbocycles. The maximum Gasteiger partial charge on any atom is 0.315 e. The Hall–Kier alpha value is -2.73. The van der Waals surface area contributed by atoms with E-state index >= 15 is 0 Å². The predicted molar refractivity (Wildman–Crippen MR) is 105 cm³/mol. The number of fused-ring (bicyclic) bond motifs is 1. The van der Waals surface area contributed by atoms with Crippen LogP contribution in [0.1, 0.15) is 37.7 Å². The first-order valence-corrected chi connectivity index (χ1v) is 9.40. The van der Waals surface area contributed by atoms with Crippen LogP contribution in [0.2, 0.25) is 5.02 Å². The van der Waals surface area contributed by atoms with Crippen LogP contribution in [0.5, 0.6) is 0 Å². The van der Waals surface area contributed by atoms with Crippen molar-refractivity contribution in [2.45, 2.75) is 32.1 Å². The number of carbonyl (C=O) groups is 2. The Balaban J connectivity index is 2.00. The summed E-state index contributed by atoms with van der Waals surface area (Å²) < 4.78 is 10.6. The fourth-order valence-corrected chi connectivity index (χ4v) is 4.28. The molecule has 144 valence electrons. The Morgan fingerprint density at radius 3 is 2.82 bits per heavy atom. The van der Waals surface area contributed by atoms with Gasteiger partial charge in [-0.15, -0.1) is 0 Å². The van der Waals surface area contributed by atoms with Gasteiger partial charge in [0.05, 0.1) is 18.8 Å². The second kappa shape index (κ2) is 7.02. The zero-order valence-electron chi connectivity index (χ0n) is 15.5. The molecule has 7 heteroatoms. The third-order valence-corrected chi connectivity index (χ3v) is 5.62. The number of ether oxygens (including phenoxy) is 1. The molecule has 2 aliphatic rings. The number of esters is 1. The van der Waals surface area contributed by atoms with Crippen molar-refractivity contribution < 1.29 is 18.7 Å². The molecule has 2 aromatic rings. The molecule has 28 heavy (non-hydrogen) atoms. The number of Topliss-reactive ketones (excluding diaryl/α,β-unsaturated/α-hetero) is 1. The fraction of sp³-hybridized carbons (Fsp3) is 0.333. The molecule has 1 aliphatic heterocycles. The van der Waals surface area contributed by atoms with E-state index in [2.05, 4.69) is 4.99 Å². The standard InChI is InChI=1S/C21H18ClNO5/c1-10-17(21(26)27-2)18(19-14(23-10)4-3-5-15(19)24)13-9-28-16-7-6-11(22)8-12(16)20(13)25/h6-9,17-18H,3-5H2,1-2H3/t17?,18-/m0/s1. The van der Waals surface area contributed by atoms with Gasteiger partial charge in [-0.05, 0) is 38.0 Å². The van der Waals surface area contributed by atoms with Crippen LogP contribution in [0, 0.1) is 5.92 Å². The summed E-state index contributed by atoms with van der Waals surface area (Å²) in [6.07, 6.45) is 3.03. The SMILES string of the molecule is COC(=O)C1C(C)=NC2=C(C(=O)CCC2)[C@H]1c1coc2ccc(Cl)cc2c1=O. The molecule has 1 unspecified atom stereocenters. The Kier molecular flexibility index (Phi) is 4.67. The molecule has 0 N–H and O–H groups in total. The fourth-order valence-electron chi connectivity index (χ4n) is 4.11. The summed E-state index contributed by atoms with van der Waals surface area (Å²) in [7, 11) is 1.28. The summed E-state index contributed by atoms with van der Waals surface area (Å²) in [5.41, 5.74) is 1.89. The number of aliphatic imine (C=N–C) groups is 1. The minimum atomic E-state index is -0.856. The van der Waals surface area contributed by atoms with Gasteiger partial charge in [-0.2, -0.15) is 0 Å². The predicted octanol–water partition coefficient (Wildman–Crippen LogP) is 3.80. The highest BCUT2D eigenvalue weighted by atomic mass is 35.5. The minimum Gasteiger partial charge on any atom is -0.468 e. The quantitative estimate of drug-likeness (QED) is 0.717. The van der Waals surface area contributed by atoms with E-state index in [0.717, 1.165) is 0 Å². The Bertz CT molecular complexity index is 1130. The maximum atomic E-state index is 13.3. The zero-order valence-corrected chi connectivity index (χ0v) is 16.2. The number of methoxy groups -OCH3 is 1. The van der Waals surface area contributed by atoms with Gasteiger partial charge >= 0.3 is 5.97 Å². The lowest BCUT2D eigenvalue weighted by Crippen LogP contribution is -2.38. The van der Waals surface area contributed by atoms with Gasteiger partial charge in [0.25, 0.3) is 0 Å². The van der Waals surface area contributed by atoms with Crippen LogP contribution < -0.4 is 5.43 Å². The molecule has 0 bridgehead atoms. The van der Waals surface area contributed by atoms with Crippen LogP contribution in [0.3, 0.4) is 0 Å². The lowest BCUT2D eigenvalue weighted by atomic mass is 9.72. The maximum absolute atomic E-state index is 13.3. The van der Waals surface area contributed by atoms with Crippen LogP contribution in [0.15, 0.2) is 49.9 Å². The molecule has 4 rings (SSSR count). The number of hydrogen-bond donors (Lipinski definition) is 0. The Labute approximate surface area is 165 Å². The molecule has 1 aromatic carbocycles. The van der Waals surface area contributed by atoms with Gasteiger partial charge in [-0.1, -0.05) is 11.6 Å². The van der Waals surface area contributed by atoms with E-state index in [0.29, 0.717) is 52.2 Å². The summed E-state index contributed by atoms with van der Waals surface area (Å²) in [4.78, 5) is 43.1. The number of halogens is 1. The molecule has 0 amide bonds. The minimum absolute atomic E-state index is 0.0954. The molecule has 0 saturated heterocycles. The third-order valence-electron chi connectivity index (χ3n) is 5.39. The van der Waals surface area contributed by atoms with Gasteiger partial charge < -0.3 is 9.15 Å². The second-order valence-electron chi connectivity index (χ2n) is 7.03. The highest BCUT2D eigenvalue weighted by molar-refractivity contribution is 6.31. The second-order valence-corrected chi connectivity index (χ2v) is 7.47. The van der Waals surface area contributed by atoms with Gasteiger partial charge in [-0.3, -0.25) is 19.4 Å². The van der Waals surface area contributed by atoms with Gasteiger partial charge in [0.15, 0.2) is 11.2 Å². The Morgan fingerprint density at radius 2 is 2.07 bits per heavy atom. The topological polar surface area (TPSA) is 85.9 Å². The van der Waals surface area contributed by atoms with E-state index in [9.17, 15) is 14.4 Å². The molecule has 1 aromatic heterocycles. The largest absolute Gasteiger partial charge is 0.468 e. The van der Waals surface area contributed by atoms with Crippen molar-refractivity contribution in [3.8, 4) is 0 Å². The Morgan fingerprint density at radius 1 is 1.29 bits per heavy atom. The monoisotopic (exact) mass is 399 g/mol. The third kappa shape index (κ3) is 2.88. The van der Waals surface area contributed by atoms with E-state index in [1.54, 1.807) is 19.1 Å². The first kappa shape index (κ1) is 18.6. The number of nitrogens with zero attached hydrogens (tertiary/aromatic N) is 1. The molecule has 2 heterocycles. The average molecular weight is 400 g/mol. The first-order valence-electron chi connectivity index (χ1n) is 9.02. The van der Waals surface area contributed by atoms with Crippen LogP contribution in [0.4, 0.5) is 0 Å². The van der Waals surface area contributed by atoms with E-state index in [1.165, 1.54) is 19.4 Å². The highest BCUT2D eigenvalue weighted by Gasteiger charge is 2.44. The number of rotatable bonds is 2. The average Bonchev–Trinajstić information content (AvgIpc) is 2.67. The number of ketones is 1. The summed E-state index contributed by atoms with van der Waals surface area (Å²) >= 11 is 6.05. The molecule has 0 radical (unpaired) electrons. The van der Waals surface area contributed by atoms with E-state index in [4.69, 9.17) is 20.8 Å². The van der Waals surface area contributed by atoms with Crippen molar-refractivity contribution in [3.05, 3.63) is 56.5 Å². The molecule has 0 spiro atoms. The smallest absolute Gasteiger partial charge is 0.315 e. The highest BCUT2D eigenvalue weighted by Crippen LogP contribution is 2.43. The number of hydrogen-bond acceptors (Lipinski definition) is 6. The van der Waals surface area contributed by atoms with Crippen LogP contribution in [-0.4, -0.2) is 24.6 Å². The molecular weight excluding hydrogens is 382 g/mol. The summed E-state index contributed by atoms with van der Waals surface area (Å²) in [5.74, 6) is -2.28. The van der Waals surface area contributed by atoms with Crippen LogP contribution >= 0.6 is 11.6 Å². The number of carbonyl (C=O) groups excluding carboxylic acids is 2. The molecule has 6 nitrogen and oxygen atoms in total. The van der Waals surface area contributed by atoms with Crippen molar-refractivity contribution in [1.29, 1.82) is 0 Å².